The molecule has 8 heteroatoms. The van der Waals surface area contributed by atoms with Crippen LogP contribution in [0, 0.1) is 5.82 Å². The number of rotatable bonds is 7. The first-order valence-corrected chi connectivity index (χ1v) is 11.4. The van der Waals surface area contributed by atoms with E-state index in [2.05, 4.69) is 0 Å². The van der Waals surface area contributed by atoms with Crippen molar-refractivity contribution in [3.8, 4) is 0 Å². The predicted molar refractivity (Wildman–Crippen MR) is 115 cm³/mol. The molecule has 0 bridgehead atoms. The van der Waals surface area contributed by atoms with Gasteiger partial charge in [-0.2, -0.15) is 4.31 Å². The summed E-state index contributed by atoms with van der Waals surface area (Å²) in [6.45, 7) is 4.14. The SMILES string of the molecule is CC(=O)N1c2ccc(S(=O)(=O)N(CCN(C)C)Cc3ccccc3F)cc2C[C@@H]1C. The van der Waals surface area contributed by atoms with Crippen LogP contribution in [0.1, 0.15) is 25.0 Å². The van der Waals surface area contributed by atoms with Gasteiger partial charge in [0.05, 0.1) is 4.90 Å². The molecular formula is C22H28FN3O3S. The molecule has 2 aromatic carbocycles. The van der Waals surface area contributed by atoms with Crippen molar-refractivity contribution in [2.45, 2.75) is 37.8 Å². The number of amides is 1. The Kier molecular flexibility index (Phi) is 6.59. The number of anilines is 1. The van der Waals surface area contributed by atoms with Crippen LogP contribution in [-0.2, 0) is 27.8 Å². The molecule has 0 saturated carbocycles. The first-order valence-electron chi connectivity index (χ1n) is 9.92. The molecule has 3 rings (SSSR count). The number of benzene rings is 2. The third kappa shape index (κ3) is 4.55. The third-order valence-corrected chi connectivity index (χ3v) is 7.19. The monoisotopic (exact) mass is 433 g/mol. The highest BCUT2D eigenvalue weighted by Crippen LogP contribution is 2.34. The van der Waals surface area contributed by atoms with Crippen LogP contribution in [0.25, 0.3) is 0 Å². The van der Waals surface area contributed by atoms with Crippen molar-refractivity contribution in [3.05, 3.63) is 59.4 Å². The Balaban J connectivity index is 1.96. The highest BCUT2D eigenvalue weighted by Gasteiger charge is 2.32. The summed E-state index contributed by atoms with van der Waals surface area (Å²) in [4.78, 5) is 15.7. The molecule has 0 saturated heterocycles. The quantitative estimate of drug-likeness (QED) is 0.674. The number of likely N-dealkylation sites (N-methyl/N-ethyl adjacent to an activating group) is 1. The summed E-state index contributed by atoms with van der Waals surface area (Å²) >= 11 is 0. The molecule has 1 aliphatic heterocycles. The lowest BCUT2D eigenvalue weighted by atomic mass is 10.1. The van der Waals surface area contributed by atoms with E-state index in [1.807, 2.05) is 25.9 Å². The van der Waals surface area contributed by atoms with Crippen LogP contribution in [0.15, 0.2) is 47.4 Å². The van der Waals surface area contributed by atoms with Gasteiger partial charge in [0.25, 0.3) is 0 Å². The number of carbonyl (C=O) groups excluding carboxylic acids is 1. The van der Waals surface area contributed by atoms with E-state index in [-0.39, 0.29) is 29.9 Å². The minimum Gasteiger partial charge on any atom is -0.309 e. The van der Waals surface area contributed by atoms with Gasteiger partial charge in [-0.05, 0) is 57.3 Å². The van der Waals surface area contributed by atoms with Gasteiger partial charge in [0, 0.05) is 43.9 Å². The summed E-state index contributed by atoms with van der Waals surface area (Å²) in [6.07, 6.45) is 0.600. The van der Waals surface area contributed by atoms with Crippen LogP contribution in [0.3, 0.4) is 0 Å². The molecule has 0 aromatic heterocycles. The maximum absolute atomic E-state index is 14.2. The van der Waals surface area contributed by atoms with Gasteiger partial charge < -0.3 is 9.80 Å². The van der Waals surface area contributed by atoms with Crippen molar-refractivity contribution in [2.24, 2.45) is 0 Å². The van der Waals surface area contributed by atoms with Gasteiger partial charge in [-0.15, -0.1) is 0 Å². The molecule has 0 fully saturated rings. The second-order valence-electron chi connectivity index (χ2n) is 7.97. The van der Waals surface area contributed by atoms with Crippen LogP contribution in [-0.4, -0.2) is 56.8 Å². The Morgan fingerprint density at radius 3 is 2.50 bits per heavy atom. The topological polar surface area (TPSA) is 60.9 Å². The molecule has 0 N–H and O–H groups in total. The summed E-state index contributed by atoms with van der Waals surface area (Å²) < 4.78 is 42.4. The van der Waals surface area contributed by atoms with E-state index >= 15 is 0 Å². The minimum atomic E-state index is -3.85. The predicted octanol–water partition coefficient (Wildman–Crippen LogP) is 2.88. The summed E-state index contributed by atoms with van der Waals surface area (Å²) in [6, 6.07) is 11.1. The number of hydrogen-bond donors (Lipinski definition) is 0. The number of fused-ring (bicyclic) bond motifs is 1. The van der Waals surface area contributed by atoms with Crippen LogP contribution in [0.4, 0.5) is 10.1 Å². The number of sulfonamides is 1. The van der Waals surface area contributed by atoms with Crippen LogP contribution >= 0.6 is 0 Å². The molecule has 162 valence electrons. The molecule has 1 heterocycles. The molecule has 0 unspecified atom stereocenters. The Morgan fingerprint density at radius 1 is 1.17 bits per heavy atom. The molecule has 1 amide bonds. The van der Waals surface area contributed by atoms with Crippen molar-refractivity contribution in [2.75, 3.05) is 32.1 Å². The van der Waals surface area contributed by atoms with Crippen molar-refractivity contribution >= 4 is 21.6 Å². The van der Waals surface area contributed by atoms with E-state index in [4.69, 9.17) is 0 Å². The molecule has 30 heavy (non-hydrogen) atoms. The first-order chi connectivity index (χ1) is 14.1. The van der Waals surface area contributed by atoms with Gasteiger partial charge in [0.1, 0.15) is 5.82 Å². The molecule has 1 aliphatic rings. The van der Waals surface area contributed by atoms with Gasteiger partial charge in [0.15, 0.2) is 0 Å². The number of carbonyl (C=O) groups is 1. The number of nitrogens with zero attached hydrogens (tertiary/aromatic N) is 3. The standard InChI is InChI=1S/C22H28FN3O3S/c1-16-13-19-14-20(9-10-22(19)26(16)17(2)27)30(28,29)25(12-11-24(3)4)15-18-7-5-6-8-21(18)23/h5-10,14,16H,11-13,15H2,1-4H3/t16-/m0/s1. The van der Waals surface area contributed by atoms with Crippen LogP contribution in [0.5, 0.6) is 0 Å². The molecule has 2 aromatic rings. The zero-order valence-corrected chi connectivity index (χ0v) is 18.6. The average Bonchev–Trinajstić information content (AvgIpc) is 3.01. The zero-order valence-electron chi connectivity index (χ0n) is 17.8. The zero-order chi connectivity index (χ0) is 22.1. The second-order valence-corrected chi connectivity index (χ2v) is 9.90. The molecule has 0 spiro atoms. The van der Waals surface area contributed by atoms with Crippen molar-refractivity contribution in [1.82, 2.24) is 9.21 Å². The first kappa shape index (κ1) is 22.4. The van der Waals surface area contributed by atoms with E-state index in [9.17, 15) is 17.6 Å². The van der Waals surface area contributed by atoms with E-state index < -0.39 is 15.8 Å². The van der Waals surface area contributed by atoms with Crippen molar-refractivity contribution < 1.29 is 17.6 Å². The van der Waals surface area contributed by atoms with Crippen molar-refractivity contribution in [3.63, 3.8) is 0 Å². The van der Waals surface area contributed by atoms with Crippen LogP contribution in [0.2, 0.25) is 0 Å². The number of hydrogen-bond acceptors (Lipinski definition) is 4. The summed E-state index contributed by atoms with van der Waals surface area (Å²) in [5.74, 6) is -0.494. The highest BCUT2D eigenvalue weighted by atomic mass is 32.2. The van der Waals surface area contributed by atoms with Gasteiger partial charge in [0.2, 0.25) is 15.9 Å². The number of halogens is 1. The molecule has 6 nitrogen and oxygen atoms in total. The fourth-order valence-electron chi connectivity index (χ4n) is 3.81. The fourth-order valence-corrected chi connectivity index (χ4v) is 5.27. The summed E-state index contributed by atoms with van der Waals surface area (Å²) in [7, 11) is -0.128. The lowest BCUT2D eigenvalue weighted by Gasteiger charge is -2.25. The van der Waals surface area contributed by atoms with E-state index in [1.165, 1.54) is 23.4 Å². The average molecular weight is 434 g/mol. The minimum absolute atomic E-state index is 0.0151. The molecule has 0 aliphatic carbocycles. The lowest BCUT2D eigenvalue weighted by Crippen LogP contribution is -2.36. The largest absolute Gasteiger partial charge is 0.309 e. The smallest absolute Gasteiger partial charge is 0.243 e. The molecule has 1 atom stereocenters. The summed E-state index contributed by atoms with van der Waals surface area (Å²) in [5, 5.41) is 0. The Labute approximate surface area is 177 Å². The Hall–Kier alpha value is -2.29. The highest BCUT2D eigenvalue weighted by molar-refractivity contribution is 7.89. The Bertz CT molecular complexity index is 1040. The van der Waals surface area contributed by atoms with Gasteiger partial charge in [-0.25, -0.2) is 12.8 Å². The van der Waals surface area contributed by atoms with Gasteiger partial charge >= 0.3 is 0 Å². The van der Waals surface area contributed by atoms with E-state index in [0.717, 1.165) is 11.3 Å². The normalized spacial score (nSPS) is 16.4. The maximum atomic E-state index is 14.2. The van der Waals surface area contributed by atoms with Crippen molar-refractivity contribution in [1.29, 1.82) is 0 Å². The Morgan fingerprint density at radius 2 is 1.87 bits per heavy atom. The van der Waals surface area contributed by atoms with Gasteiger partial charge in [-0.1, -0.05) is 18.2 Å². The lowest BCUT2D eigenvalue weighted by molar-refractivity contribution is -0.116. The van der Waals surface area contributed by atoms with Crippen LogP contribution < -0.4 is 4.90 Å². The molecule has 0 radical (unpaired) electrons. The third-order valence-electron chi connectivity index (χ3n) is 5.34. The summed E-state index contributed by atoms with van der Waals surface area (Å²) in [5.41, 5.74) is 1.91. The second kappa shape index (κ2) is 8.83. The van der Waals surface area contributed by atoms with Gasteiger partial charge in [-0.3, -0.25) is 4.79 Å². The van der Waals surface area contributed by atoms with E-state index in [1.54, 1.807) is 35.2 Å². The maximum Gasteiger partial charge on any atom is 0.243 e. The molecular weight excluding hydrogens is 405 g/mol. The fraction of sp³-hybridized carbons (Fsp3) is 0.409. The van der Waals surface area contributed by atoms with E-state index in [0.29, 0.717) is 18.5 Å².